The van der Waals surface area contributed by atoms with Gasteiger partial charge in [0.25, 0.3) is 0 Å². The quantitative estimate of drug-likeness (QED) is 0.282. The van der Waals surface area contributed by atoms with E-state index in [1.54, 1.807) is 0 Å². The largest absolute Gasteiger partial charge is 0.479 e. The molecule has 0 rings (SSSR count). The summed E-state index contributed by atoms with van der Waals surface area (Å²) in [7, 11) is 0. The summed E-state index contributed by atoms with van der Waals surface area (Å²) < 4.78 is -1.87. The molecule has 0 saturated heterocycles. The molecule has 0 aliphatic rings. The van der Waals surface area contributed by atoms with Gasteiger partial charge < -0.3 is 5.11 Å². The Morgan fingerprint density at radius 2 is 1.29 bits per heavy atom. The first-order chi connectivity index (χ1) is 9.92. The molecule has 2 nitrogen and oxygen atoms in total. The number of alkyl halides is 3. The van der Waals surface area contributed by atoms with E-state index in [0.29, 0.717) is 6.42 Å². The molecule has 1 N–H and O–H groups in total. The standard InChI is InChI=1S/C16H29Cl3O2/c1-2-3-4-5-6-7-8-9-10-11-12-13-14(17)16(18,19)15(20)21/h14H,2-13H2,1H3,(H,20,21). The van der Waals surface area contributed by atoms with Crippen LogP contribution in [0.2, 0.25) is 0 Å². The molecule has 0 bridgehead atoms. The molecule has 21 heavy (non-hydrogen) atoms. The van der Waals surface area contributed by atoms with Crippen LogP contribution in [0.15, 0.2) is 0 Å². The van der Waals surface area contributed by atoms with E-state index in [2.05, 4.69) is 6.92 Å². The topological polar surface area (TPSA) is 37.3 Å². The second-order valence-electron chi connectivity index (χ2n) is 5.72. The second kappa shape index (κ2) is 12.8. The summed E-state index contributed by atoms with van der Waals surface area (Å²) in [6.45, 7) is 2.24. The number of hydrogen-bond acceptors (Lipinski definition) is 1. The number of unbranched alkanes of at least 4 members (excludes halogenated alkanes) is 10. The summed E-state index contributed by atoms with van der Waals surface area (Å²) >= 11 is 17.3. The molecule has 0 amide bonds. The fourth-order valence-electron chi connectivity index (χ4n) is 2.30. The van der Waals surface area contributed by atoms with Crippen molar-refractivity contribution in [1.29, 1.82) is 0 Å². The van der Waals surface area contributed by atoms with Gasteiger partial charge >= 0.3 is 5.97 Å². The van der Waals surface area contributed by atoms with Crippen molar-refractivity contribution in [3.8, 4) is 0 Å². The number of halogens is 3. The Balaban J connectivity index is 3.38. The highest BCUT2D eigenvalue weighted by Crippen LogP contribution is 2.33. The van der Waals surface area contributed by atoms with Crippen LogP contribution in [0.3, 0.4) is 0 Å². The van der Waals surface area contributed by atoms with Gasteiger partial charge in [0.15, 0.2) is 0 Å². The van der Waals surface area contributed by atoms with Gasteiger partial charge in [-0.3, -0.25) is 0 Å². The molecule has 1 atom stereocenters. The van der Waals surface area contributed by atoms with Crippen LogP contribution >= 0.6 is 34.8 Å². The molecular formula is C16H29Cl3O2. The second-order valence-corrected chi connectivity index (χ2v) is 7.63. The first-order valence-electron chi connectivity index (χ1n) is 8.18. The summed E-state index contributed by atoms with van der Waals surface area (Å²) in [6, 6.07) is 0. The van der Waals surface area contributed by atoms with Crippen LogP contribution in [0.1, 0.15) is 84.0 Å². The number of carboxylic acid groups (broad SMARTS) is 1. The number of carbonyl (C=O) groups is 1. The first kappa shape index (κ1) is 21.3. The van der Waals surface area contributed by atoms with Gasteiger partial charge in [0.1, 0.15) is 0 Å². The summed E-state index contributed by atoms with van der Waals surface area (Å²) in [4.78, 5) is 10.8. The van der Waals surface area contributed by atoms with Gasteiger partial charge in [0.05, 0.1) is 5.38 Å². The fourth-order valence-corrected chi connectivity index (χ4v) is 2.77. The minimum atomic E-state index is -1.87. The fraction of sp³-hybridized carbons (Fsp3) is 0.938. The molecule has 0 aliphatic carbocycles. The molecule has 0 aromatic heterocycles. The van der Waals surface area contributed by atoms with Crippen LogP contribution in [-0.4, -0.2) is 20.8 Å². The van der Waals surface area contributed by atoms with Crippen molar-refractivity contribution in [2.24, 2.45) is 0 Å². The van der Waals surface area contributed by atoms with Gasteiger partial charge in [-0.05, 0) is 6.42 Å². The van der Waals surface area contributed by atoms with Crippen molar-refractivity contribution in [2.45, 2.75) is 93.7 Å². The van der Waals surface area contributed by atoms with Crippen LogP contribution in [0.25, 0.3) is 0 Å². The molecule has 0 fully saturated rings. The lowest BCUT2D eigenvalue weighted by atomic mass is 10.0. The molecule has 0 aromatic rings. The predicted octanol–water partition coefficient (Wildman–Crippen LogP) is 6.55. The minimum Gasteiger partial charge on any atom is -0.479 e. The van der Waals surface area contributed by atoms with Gasteiger partial charge in [-0.25, -0.2) is 4.79 Å². The molecule has 0 saturated carbocycles. The lowest BCUT2D eigenvalue weighted by molar-refractivity contribution is -0.137. The van der Waals surface area contributed by atoms with Crippen molar-refractivity contribution in [3.63, 3.8) is 0 Å². The van der Waals surface area contributed by atoms with Gasteiger partial charge in [-0.15, -0.1) is 11.6 Å². The zero-order chi connectivity index (χ0) is 16.1. The van der Waals surface area contributed by atoms with Crippen LogP contribution in [-0.2, 0) is 4.79 Å². The van der Waals surface area contributed by atoms with Gasteiger partial charge in [0, 0.05) is 0 Å². The van der Waals surface area contributed by atoms with Crippen molar-refractivity contribution in [1.82, 2.24) is 0 Å². The maximum absolute atomic E-state index is 10.8. The highest BCUT2D eigenvalue weighted by molar-refractivity contribution is 6.60. The van der Waals surface area contributed by atoms with E-state index in [0.717, 1.165) is 12.8 Å². The van der Waals surface area contributed by atoms with Gasteiger partial charge in [0.2, 0.25) is 4.33 Å². The van der Waals surface area contributed by atoms with Crippen molar-refractivity contribution < 1.29 is 9.90 Å². The molecule has 126 valence electrons. The average molecular weight is 360 g/mol. The van der Waals surface area contributed by atoms with Crippen molar-refractivity contribution in [2.75, 3.05) is 0 Å². The monoisotopic (exact) mass is 358 g/mol. The Kier molecular flexibility index (Phi) is 13.0. The lowest BCUT2D eigenvalue weighted by Gasteiger charge is -2.20. The van der Waals surface area contributed by atoms with Crippen LogP contribution in [0, 0.1) is 0 Å². The Hall–Kier alpha value is 0.340. The molecule has 0 aromatic carbocycles. The zero-order valence-electron chi connectivity index (χ0n) is 13.1. The molecular weight excluding hydrogens is 331 g/mol. The summed E-state index contributed by atoms with van der Waals surface area (Å²) in [6.07, 6.45) is 14.3. The maximum atomic E-state index is 10.8. The SMILES string of the molecule is CCCCCCCCCCCCCC(Cl)C(Cl)(Cl)C(=O)O. The third-order valence-corrected chi connectivity index (χ3v) is 5.36. The number of carboxylic acids is 1. The smallest absolute Gasteiger partial charge is 0.341 e. The Morgan fingerprint density at radius 3 is 1.67 bits per heavy atom. The van der Waals surface area contributed by atoms with Crippen LogP contribution in [0.4, 0.5) is 0 Å². The number of aliphatic carboxylic acids is 1. The molecule has 5 heteroatoms. The van der Waals surface area contributed by atoms with E-state index in [4.69, 9.17) is 39.9 Å². The summed E-state index contributed by atoms with van der Waals surface area (Å²) in [5.74, 6) is -1.27. The zero-order valence-corrected chi connectivity index (χ0v) is 15.3. The van der Waals surface area contributed by atoms with Gasteiger partial charge in [-0.1, -0.05) is 101 Å². The normalized spacial score (nSPS) is 13.3. The third kappa shape index (κ3) is 10.7. The Labute approximate surface area is 144 Å². The molecule has 0 spiro atoms. The Morgan fingerprint density at radius 1 is 0.905 bits per heavy atom. The van der Waals surface area contributed by atoms with Crippen LogP contribution < -0.4 is 0 Å². The van der Waals surface area contributed by atoms with E-state index in [9.17, 15) is 4.79 Å². The molecule has 0 radical (unpaired) electrons. The molecule has 0 heterocycles. The summed E-state index contributed by atoms with van der Waals surface area (Å²) in [5.41, 5.74) is 0. The van der Waals surface area contributed by atoms with E-state index < -0.39 is 15.7 Å². The lowest BCUT2D eigenvalue weighted by Crippen LogP contribution is -2.35. The van der Waals surface area contributed by atoms with Crippen molar-refractivity contribution >= 4 is 40.8 Å². The van der Waals surface area contributed by atoms with Crippen LogP contribution in [0.5, 0.6) is 0 Å². The summed E-state index contributed by atoms with van der Waals surface area (Å²) in [5, 5.41) is 8.10. The van der Waals surface area contributed by atoms with Gasteiger partial charge in [-0.2, -0.15) is 0 Å². The maximum Gasteiger partial charge on any atom is 0.341 e. The molecule has 1 unspecified atom stereocenters. The van der Waals surface area contributed by atoms with Crippen molar-refractivity contribution in [3.05, 3.63) is 0 Å². The Bertz CT molecular complexity index is 270. The number of hydrogen-bond donors (Lipinski definition) is 1. The molecule has 0 aliphatic heterocycles. The number of rotatable bonds is 14. The van der Waals surface area contributed by atoms with E-state index in [1.807, 2.05) is 0 Å². The third-order valence-electron chi connectivity index (χ3n) is 3.74. The average Bonchev–Trinajstić information content (AvgIpc) is 2.44. The van der Waals surface area contributed by atoms with E-state index in [1.165, 1.54) is 57.8 Å². The highest BCUT2D eigenvalue weighted by atomic mass is 35.5. The predicted molar refractivity (Wildman–Crippen MR) is 92.8 cm³/mol. The highest BCUT2D eigenvalue weighted by Gasteiger charge is 2.41. The van der Waals surface area contributed by atoms with E-state index >= 15 is 0 Å². The minimum absolute atomic E-state index is 0.540. The van der Waals surface area contributed by atoms with E-state index in [-0.39, 0.29) is 0 Å². The first-order valence-corrected chi connectivity index (χ1v) is 9.37.